The highest BCUT2D eigenvalue weighted by Crippen LogP contribution is 2.36. The summed E-state index contributed by atoms with van der Waals surface area (Å²) >= 11 is 0. The predicted molar refractivity (Wildman–Crippen MR) is 125 cm³/mol. The van der Waals surface area contributed by atoms with Gasteiger partial charge in [-0.15, -0.1) is 0 Å². The summed E-state index contributed by atoms with van der Waals surface area (Å²) in [5, 5.41) is 5.62. The third kappa shape index (κ3) is 4.01. The van der Waals surface area contributed by atoms with Gasteiger partial charge in [-0.2, -0.15) is 18.4 Å². The molecule has 2 aromatic carbocycles. The minimum atomic E-state index is -3.68. The summed E-state index contributed by atoms with van der Waals surface area (Å²) in [5.41, 5.74) is 6.61. The van der Waals surface area contributed by atoms with Crippen molar-refractivity contribution in [3.8, 4) is 0 Å². The van der Waals surface area contributed by atoms with Crippen molar-refractivity contribution in [2.45, 2.75) is 69.1 Å². The minimum Gasteiger partial charge on any atom is -0.353 e. The zero-order chi connectivity index (χ0) is 21.4. The average molecular weight is 436 g/mol. The van der Waals surface area contributed by atoms with Crippen LogP contribution in [0.1, 0.15) is 73.2 Å². The Kier molecular flexibility index (Phi) is 5.34. The first kappa shape index (κ1) is 20.3. The Labute approximate surface area is 184 Å². The van der Waals surface area contributed by atoms with Gasteiger partial charge in [-0.05, 0) is 80.3 Å². The molecule has 162 valence electrons. The first-order valence-electron chi connectivity index (χ1n) is 11.3. The zero-order valence-corrected chi connectivity index (χ0v) is 18.8. The van der Waals surface area contributed by atoms with E-state index in [0.29, 0.717) is 5.92 Å². The zero-order valence-electron chi connectivity index (χ0n) is 17.9. The van der Waals surface area contributed by atoms with Crippen molar-refractivity contribution in [3.05, 3.63) is 64.8 Å². The van der Waals surface area contributed by atoms with E-state index in [2.05, 4.69) is 33.1 Å². The van der Waals surface area contributed by atoms with Crippen molar-refractivity contribution in [2.24, 2.45) is 5.10 Å². The van der Waals surface area contributed by atoms with Crippen LogP contribution in [0.4, 0.5) is 0 Å². The number of aromatic amines is 1. The van der Waals surface area contributed by atoms with E-state index in [1.54, 1.807) is 24.3 Å². The van der Waals surface area contributed by atoms with Crippen molar-refractivity contribution in [1.29, 1.82) is 0 Å². The number of aromatic nitrogens is 1. The molecule has 1 heterocycles. The number of aryl methyl sites for hydroxylation is 2. The van der Waals surface area contributed by atoms with Crippen LogP contribution in [0.25, 0.3) is 10.9 Å². The molecule has 1 fully saturated rings. The van der Waals surface area contributed by atoms with E-state index in [1.165, 1.54) is 48.6 Å². The molecule has 0 atom stereocenters. The fraction of sp³-hybridized carbons (Fsp3) is 0.400. The Morgan fingerprint density at radius 1 is 0.968 bits per heavy atom. The fourth-order valence-electron chi connectivity index (χ4n) is 5.02. The molecule has 0 bridgehead atoms. The van der Waals surface area contributed by atoms with Crippen molar-refractivity contribution >= 4 is 26.6 Å². The monoisotopic (exact) mass is 435 g/mol. The molecule has 0 unspecified atom stereocenters. The lowest BCUT2D eigenvalue weighted by molar-refractivity contribution is 0.444. The number of nitrogens with zero attached hydrogens (tertiary/aromatic N) is 1. The largest absolute Gasteiger partial charge is 0.353 e. The third-order valence-corrected chi connectivity index (χ3v) is 7.99. The Morgan fingerprint density at radius 2 is 1.74 bits per heavy atom. The number of hydrazone groups is 1. The summed E-state index contributed by atoms with van der Waals surface area (Å²) < 4.78 is 25.3. The smallest absolute Gasteiger partial charge is 0.276 e. The summed E-state index contributed by atoms with van der Waals surface area (Å²) in [7, 11) is -3.68. The van der Waals surface area contributed by atoms with Gasteiger partial charge in [-0.3, -0.25) is 0 Å². The van der Waals surface area contributed by atoms with Crippen LogP contribution < -0.4 is 4.83 Å². The molecule has 31 heavy (non-hydrogen) atoms. The van der Waals surface area contributed by atoms with Gasteiger partial charge in [0, 0.05) is 10.9 Å². The summed E-state index contributed by atoms with van der Waals surface area (Å²) in [6.07, 6.45) is 9.29. The van der Waals surface area contributed by atoms with Crippen LogP contribution in [0.3, 0.4) is 0 Å². The fourth-order valence-corrected chi connectivity index (χ4v) is 5.85. The maximum atomic E-state index is 12.7. The van der Waals surface area contributed by atoms with Crippen LogP contribution in [0.15, 0.2) is 52.5 Å². The Hall–Kier alpha value is -2.60. The molecule has 0 spiro atoms. The van der Waals surface area contributed by atoms with Crippen LogP contribution in [-0.4, -0.2) is 19.1 Å². The maximum Gasteiger partial charge on any atom is 0.276 e. The van der Waals surface area contributed by atoms with Crippen LogP contribution in [-0.2, 0) is 16.4 Å². The van der Waals surface area contributed by atoms with Gasteiger partial charge in [0.05, 0.1) is 16.3 Å². The number of sulfonamides is 1. The lowest BCUT2D eigenvalue weighted by Crippen LogP contribution is -2.22. The number of nitrogens with one attached hydrogen (secondary N) is 2. The molecule has 2 aliphatic carbocycles. The normalized spacial score (nSPS) is 18.9. The average Bonchev–Trinajstić information content (AvgIpc) is 3.17. The second-order valence-corrected chi connectivity index (χ2v) is 10.6. The number of hydrogen-bond donors (Lipinski definition) is 2. The van der Waals surface area contributed by atoms with Crippen molar-refractivity contribution in [3.63, 3.8) is 0 Å². The molecule has 2 aliphatic rings. The highest BCUT2D eigenvalue weighted by atomic mass is 32.2. The highest BCUT2D eigenvalue weighted by molar-refractivity contribution is 7.89. The number of H-pyrrole nitrogens is 1. The summed E-state index contributed by atoms with van der Waals surface area (Å²) in [6.45, 7) is 1.93. The number of hydrogen-bond acceptors (Lipinski definition) is 3. The molecule has 5 nitrogen and oxygen atoms in total. The summed E-state index contributed by atoms with van der Waals surface area (Å²) in [4.78, 5) is 6.20. The molecular formula is C25H29N3O2S. The highest BCUT2D eigenvalue weighted by Gasteiger charge is 2.23. The standard InChI is InChI=1S/C25H29N3O2S/c1-17-10-13-20(14-11-17)31(29,30)28-27-24-9-5-8-21-22-16-19(18-6-3-2-4-7-18)12-15-23(22)26-25(21)24/h10-16,18,26,28H,2-9H2,1H3/b27-24+. The number of rotatable bonds is 4. The van der Waals surface area contributed by atoms with E-state index in [0.717, 1.165) is 41.7 Å². The second-order valence-electron chi connectivity index (χ2n) is 8.94. The van der Waals surface area contributed by atoms with Gasteiger partial charge >= 0.3 is 0 Å². The lowest BCUT2D eigenvalue weighted by atomic mass is 9.83. The molecule has 0 aliphatic heterocycles. The SMILES string of the molecule is Cc1ccc(S(=O)(=O)N/N=C2\CCCc3c2[nH]c2ccc(C4CCCCC4)cc32)cc1. The molecule has 1 aromatic heterocycles. The van der Waals surface area contributed by atoms with E-state index < -0.39 is 10.0 Å². The predicted octanol–water partition coefficient (Wildman–Crippen LogP) is 5.54. The summed E-state index contributed by atoms with van der Waals surface area (Å²) in [6, 6.07) is 13.6. The van der Waals surface area contributed by atoms with Crippen molar-refractivity contribution < 1.29 is 8.42 Å². The molecule has 6 heteroatoms. The first-order chi connectivity index (χ1) is 15.0. The van der Waals surface area contributed by atoms with Gasteiger partial charge in [0.15, 0.2) is 0 Å². The molecule has 5 rings (SSSR count). The van der Waals surface area contributed by atoms with Crippen molar-refractivity contribution in [2.75, 3.05) is 0 Å². The van der Waals surface area contributed by atoms with Gasteiger partial charge < -0.3 is 4.98 Å². The Balaban J connectivity index is 1.46. The van der Waals surface area contributed by atoms with Gasteiger partial charge in [0.1, 0.15) is 0 Å². The topological polar surface area (TPSA) is 74.3 Å². The minimum absolute atomic E-state index is 0.229. The molecular weight excluding hydrogens is 406 g/mol. The molecule has 3 aromatic rings. The van der Waals surface area contributed by atoms with E-state index >= 15 is 0 Å². The quantitative estimate of drug-likeness (QED) is 0.528. The Morgan fingerprint density at radius 3 is 2.52 bits per heavy atom. The molecule has 1 saturated carbocycles. The first-order valence-corrected chi connectivity index (χ1v) is 12.8. The molecule has 0 saturated heterocycles. The third-order valence-electron chi connectivity index (χ3n) is 6.77. The van der Waals surface area contributed by atoms with E-state index in [4.69, 9.17) is 0 Å². The molecule has 2 N–H and O–H groups in total. The number of benzene rings is 2. The van der Waals surface area contributed by atoms with Gasteiger partial charge in [0.25, 0.3) is 10.0 Å². The van der Waals surface area contributed by atoms with Gasteiger partial charge in [-0.25, -0.2) is 0 Å². The van der Waals surface area contributed by atoms with E-state index in [9.17, 15) is 8.42 Å². The van der Waals surface area contributed by atoms with Crippen LogP contribution >= 0.6 is 0 Å². The summed E-state index contributed by atoms with van der Waals surface area (Å²) in [5.74, 6) is 0.668. The van der Waals surface area contributed by atoms with Gasteiger partial charge in [0.2, 0.25) is 0 Å². The van der Waals surface area contributed by atoms with Crippen molar-refractivity contribution in [1.82, 2.24) is 9.82 Å². The van der Waals surface area contributed by atoms with Crippen LogP contribution in [0, 0.1) is 6.92 Å². The molecule has 0 amide bonds. The van der Waals surface area contributed by atoms with Gasteiger partial charge in [-0.1, -0.05) is 43.0 Å². The Bertz CT molecular complexity index is 1230. The van der Waals surface area contributed by atoms with Crippen LogP contribution in [0.2, 0.25) is 0 Å². The van der Waals surface area contributed by atoms with E-state index in [-0.39, 0.29) is 4.90 Å². The lowest BCUT2D eigenvalue weighted by Gasteiger charge is -2.22. The van der Waals surface area contributed by atoms with E-state index in [1.807, 2.05) is 6.92 Å². The number of fused-ring (bicyclic) bond motifs is 3. The van der Waals surface area contributed by atoms with Crippen LogP contribution in [0.5, 0.6) is 0 Å². The molecule has 0 radical (unpaired) electrons. The maximum absolute atomic E-state index is 12.7. The second kappa shape index (κ2) is 8.15.